The Hall–Kier alpha value is -1.66. The van der Waals surface area contributed by atoms with Crippen LogP contribution in [0.25, 0.3) is 0 Å². The molecule has 0 aromatic heterocycles. The lowest BCUT2D eigenvalue weighted by Crippen LogP contribution is -2.45. The maximum Gasteiger partial charge on any atom is 0.305 e. The highest BCUT2D eigenvalue weighted by Crippen LogP contribution is 2.17. The number of aliphatic hydroxyl groups is 2. The number of rotatable bonds is 58. The third-order valence-corrected chi connectivity index (χ3v) is 14.5. The summed E-state index contributed by atoms with van der Waals surface area (Å²) < 4.78 is 5.47. The monoisotopic (exact) mass is 972 g/mol. The van der Waals surface area contributed by atoms with Crippen molar-refractivity contribution in [3.8, 4) is 0 Å². The summed E-state index contributed by atoms with van der Waals surface area (Å²) in [5, 5.41) is 22.9. The van der Waals surface area contributed by atoms with Gasteiger partial charge in [-0.1, -0.05) is 295 Å². The van der Waals surface area contributed by atoms with E-state index in [1.165, 1.54) is 276 Å². The van der Waals surface area contributed by atoms with Crippen molar-refractivity contribution >= 4 is 11.9 Å². The predicted octanol–water partition coefficient (Wildman–Crippen LogP) is 19.4. The van der Waals surface area contributed by atoms with Crippen LogP contribution in [0.1, 0.15) is 341 Å². The lowest BCUT2D eigenvalue weighted by atomic mass is 10.0. The van der Waals surface area contributed by atoms with E-state index in [-0.39, 0.29) is 18.5 Å². The Morgan fingerprint density at radius 3 is 1.03 bits per heavy atom. The molecule has 0 saturated heterocycles. The lowest BCUT2D eigenvalue weighted by Gasteiger charge is -2.20. The number of esters is 1. The number of unbranched alkanes of at least 4 members (excludes halogenated alkanes) is 45. The predicted molar refractivity (Wildman–Crippen MR) is 301 cm³/mol. The van der Waals surface area contributed by atoms with Crippen LogP contribution in [0.3, 0.4) is 0 Å². The standard InChI is InChI=1S/C63H121NO5/c1-3-5-7-9-11-13-36-41-45-49-53-57-63(68)69-58-54-50-46-42-38-35-33-31-29-27-25-23-21-19-17-15-14-16-18-20-22-24-26-28-30-32-34-37-40-44-48-52-56-62(67)64-60(59-65)61(66)55-51-47-43-39-12-10-8-6-4-2/h17,19,51,55,60-61,65-66H,3-16,18,20-50,52-54,56-59H2,1-2H3,(H,64,67)/b19-17-,55-51+. The number of hydrogen-bond acceptors (Lipinski definition) is 5. The quantitative estimate of drug-likeness (QED) is 0.0321. The average Bonchev–Trinajstić information content (AvgIpc) is 3.35. The topological polar surface area (TPSA) is 95.9 Å². The van der Waals surface area contributed by atoms with Crippen LogP contribution in [0.2, 0.25) is 0 Å². The second-order valence-corrected chi connectivity index (χ2v) is 21.4. The second-order valence-electron chi connectivity index (χ2n) is 21.4. The number of aliphatic hydroxyl groups excluding tert-OH is 2. The highest BCUT2D eigenvalue weighted by molar-refractivity contribution is 5.76. The Kier molecular flexibility index (Phi) is 57.5. The highest BCUT2D eigenvalue weighted by atomic mass is 16.5. The van der Waals surface area contributed by atoms with Gasteiger partial charge in [0, 0.05) is 12.8 Å². The van der Waals surface area contributed by atoms with E-state index in [1.54, 1.807) is 6.08 Å². The molecule has 2 atom stereocenters. The fourth-order valence-corrected chi connectivity index (χ4v) is 9.69. The Balaban J connectivity index is 3.33. The Bertz CT molecular complexity index is 1080. The van der Waals surface area contributed by atoms with E-state index in [4.69, 9.17) is 4.74 Å². The summed E-state index contributed by atoms with van der Waals surface area (Å²) >= 11 is 0. The largest absolute Gasteiger partial charge is 0.466 e. The molecule has 0 radical (unpaired) electrons. The first kappa shape index (κ1) is 67.3. The molecule has 0 rings (SSSR count). The normalized spacial score (nSPS) is 12.7. The van der Waals surface area contributed by atoms with E-state index in [9.17, 15) is 19.8 Å². The van der Waals surface area contributed by atoms with Crippen LogP contribution in [0.5, 0.6) is 0 Å². The molecule has 0 aliphatic carbocycles. The molecule has 6 nitrogen and oxygen atoms in total. The van der Waals surface area contributed by atoms with E-state index >= 15 is 0 Å². The molecule has 0 spiro atoms. The summed E-state index contributed by atoms with van der Waals surface area (Å²) in [6.07, 6.45) is 72.5. The fourth-order valence-electron chi connectivity index (χ4n) is 9.69. The van der Waals surface area contributed by atoms with Crippen LogP contribution in [0.15, 0.2) is 24.3 Å². The maximum atomic E-state index is 12.4. The molecule has 1 amide bonds. The Morgan fingerprint density at radius 1 is 0.391 bits per heavy atom. The highest BCUT2D eigenvalue weighted by Gasteiger charge is 2.18. The van der Waals surface area contributed by atoms with Gasteiger partial charge in [0.25, 0.3) is 0 Å². The third kappa shape index (κ3) is 55.5. The molecule has 6 heteroatoms. The van der Waals surface area contributed by atoms with Gasteiger partial charge >= 0.3 is 5.97 Å². The summed E-state index contributed by atoms with van der Waals surface area (Å²) in [6, 6.07) is -0.623. The van der Waals surface area contributed by atoms with Gasteiger partial charge in [0.15, 0.2) is 0 Å². The van der Waals surface area contributed by atoms with Gasteiger partial charge < -0.3 is 20.3 Å². The van der Waals surface area contributed by atoms with Gasteiger partial charge in [0.2, 0.25) is 5.91 Å². The van der Waals surface area contributed by atoms with Crippen LogP contribution in [0.4, 0.5) is 0 Å². The van der Waals surface area contributed by atoms with Crippen molar-refractivity contribution < 1.29 is 24.5 Å². The van der Waals surface area contributed by atoms with Crippen LogP contribution >= 0.6 is 0 Å². The molecule has 2 unspecified atom stereocenters. The van der Waals surface area contributed by atoms with Crippen LogP contribution in [-0.2, 0) is 14.3 Å². The number of allylic oxidation sites excluding steroid dienone is 3. The molecule has 0 saturated carbocycles. The first-order valence-corrected chi connectivity index (χ1v) is 31.1. The van der Waals surface area contributed by atoms with Gasteiger partial charge in [0.1, 0.15) is 0 Å². The second kappa shape index (κ2) is 58.9. The molecule has 0 fully saturated rings. The van der Waals surface area contributed by atoms with Crippen LogP contribution in [0, 0.1) is 0 Å². The molecular formula is C63H121NO5. The van der Waals surface area contributed by atoms with Crippen molar-refractivity contribution in [3.63, 3.8) is 0 Å². The molecule has 69 heavy (non-hydrogen) atoms. The smallest absolute Gasteiger partial charge is 0.305 e. The molecule has 0 aromatic carbocycles. The van der Waals surface area contributed by atoms with Gasteiger partial charge in [0.05, 0.1) is 25.4 Å². The number of hydrogen-bond donors (Lipinski definition) is 3. The van der Waals surface area contributed by atoms with Crippen molar-refractivity contribution in [2.24, 2.45) is 0 Å². The van der Waals surface area contributed by atoms with Gasteiger partial charge in [-0.05, 0) is 57.8 Å². The SMILES string of the molecule is CCCCCCCCC/C=C/C(O)C(CO)NC(=O)CCCCCCCCCCCCCCCCCC/C=C\CCCCCCCCCCCCCCOC(=O)CCCCCCCCCCCCC. The van der Waals surface area contributed by atoms with Crippen molar-refractivity contribution in [1.82, 2.24) is 5.32 Å². The molecule has 0 aliphatic rings. The average molecular weight is 973 g/mol. The number of carbonyl (C=O) groups is 2. The van der Waals surface area contributed by atoms with Gasteiger partial charge in [-0.15, -0.1) is 0 Å². The summed E-state index contributed by atoms with van der Waals surface area (Å²) in [7, 11) is 0. The molecular weight excluding hydrogens is 851 g/mol. The molecule has 0 aliphatic heterocycles. The molecule has 0 aromatic rings. The summed E-state index contributed by atoms with van der Waals surface area (Å²) in [4.78, 5) is 24.4. The fraction of sp³-hybridized carbons (Fsp3) is 0.905. The van der Waals surface area contributed by atoms with E-state index in [1.807, 2.05) is 6.08 Å². The summed E-state index contributed by atoms with van der Waals surface area (Å²) in [5.41, 5.74) is 0. The lowest BCUT2D eigenvalue weighted by molar-refractivity contribution is -0.143. The Labute approximate surface area is 431 Å². The van der Waals surface area contributed by atoms with E-state index in [2.05, 4.69) is 31.3 Å². The Morgan fingerprint density at radius 2 is 0.681 bits per heavy atom. The first-order valence-electron chi connectivity index (χ1n) is 31.1. The van der Waals surface area contributed by atoms with E-state index < -0.39 is 12.1 Å². The molecule has 408 valence electrons. The minimum Gasteiger partial charge on any atom is -0.466 e. The zero-order chi connectivity index (χ0) is 50.0. The molecule has 0 bridgehead atoms. The third-order valence-electron chi connectivity index (χ3n) is 14.5. The summed E-state index contributed by atoms with van der Waals surface area (Å²) in [6.45, 7) is 4.89. The van der Waals surface area contributed by atoms with Crippen molar-refractivity contribution in [2.45, 2.75) is 353 Å². The zero-order valence-corrected chi connectivity index (χ0v) is 46.6. The van der Waals surface area contributed by atoms with Crippen LogP contribution < -0.4 is 5.32 Å². The minimum atomic E-state index is -0.839. The zero-order valence-electron chi connectivity index (χ0n) is 46.6. The molecule has 0 heterocycles. The van der Waals surface area contributed by atoms with E-state index in [0.717, 1.165) is 38.5 Å². The number of nitrogens with one attached hydrogen (secondary N) is 1. The number of ether oxygens (including phenoxy) is 1. The minimum absolute atomic E-state index is 0.0176. The van der Waals surface area contributed by atoms with Gasteiger partial charge in [-0.3, -0.25) is 9.59 Å². The maximum absolute atomic E-state index is 12.4. The number of carbonyl (C=O) groups excluding carboxylic acids is 2. The molecule has 3 N–H and O–H groups in total. The first-order chi connectivity index (χ1) is 34.0. The van der Waals surface area contributed by atoms with Gasteiger partial charge in [-0.25, -0.2) is 0 Å². The summed E-state index contributed by atoms with van der Waals surface area (Å²) in [5.74, 6) is -0.0495. The number of amides is 1. The van der Waals surface area contributed by atoms with E-state index in [0.29, 0.717) is 19.4 Å². The van der Waals surface area contributed by atoms with Crippen molar-refractivity contribution in [1.29, 1.82) is 0 Å². The van der Waals surface area contributed by atoms with Crippen molar-refractivity contribution in [2.75, 3.05) is 13.2 Å². The van der Waals surface area contributed by atoms with Gasteiger partial charge in [-0.2, -0.15) is 0 Å². The van der Waals surface area contributed by atoms with Crippen LogP contribution in [-0.4, -0.2) is 47.4 Å². The van der Waals surface area contributed by atoms with Crippen molar-refractivity contribution in [3.05, 3.63) is 24.3 Å².